The van der Waals surface area contributed by atoms with Crippen molar-refractivity contribution >= 4 is 40.8 Å². The molecule has 1 aromatic carbocycles. The average Bonchev–Trinajstić information content (AvgIpc) is 3.12. The van der Waals surface area contributed by atoms with E-state index in [9.17, 15) is 4.79 Å². The zero-order valence-electron chi connectivity index (χ0n) is 13.6. The maximum atomic E-state index is 12.6. The summed E-state index contributed by atoms with van der Waals surface area (Å²) in [6, 6.07) is 5.55. The monoisotopic (exact) mass is 373 g/mol. The van der Waals surface area contributed by atoms with Crippen LogP contribution in [0.5, 0.6) is 0 Å². The molecule has 4 rings (SSSR count). The molecule has 128 valence electrons. The molecule has 2 aromatic heterocycles. The maximum absolute atomic E-state index is 12.6. The van der Waals surface area contributed by atoms with Crippen molar-refractivity contribution in [2.45, 2.75) is 19.8 Å². The predicted octanol–water partition coefficient (Wildman–Crippen LogP) is 3.40. The number of aromatic amines is 1. The first-order valence-corrected chi connectivity index (χ1v) is 8.87. The van der Waals surface area contributed by atoms with Crippen LogP contribution < -0.4 is 10.5 Å². The van der Waals surface area contributed by atoms with Crippen molar-refractivity contribution < 1.29 is 0 Å². The van der Waals surface area contributed by atoms with Crippen LogP contribution in [0.1, 0.15) is 18.4 Å². The first-order chi connectivity index (χ1) is 12.1. The molecule has 1 aliphatic rings. The zero-order valence-corrected chi connectivity index (χ0v) is 15.2. The smallest absolute Gasteiger partial charge is 0.264 e. The molecule has 0 spiro atoms. The van der Waals surface area contributed by atoms with Gasteiger partial charge in [-0.15, -0.1) is 0 Å². The van der Waals surface area contributed by atoms with Crippen LogP contribution in [0.2, 0.25) is 5.02 Å². The van der Waals surface area contributed by atoms with E-state index < -0.39 is 0 Å². The van der Waals surface area contributed by atoms with E-state index >= 15 is 0 Å². The second-order valence-corrected chi connectivity index (χ2v) is 6.88. The summed E-state index contributed by atoms with van der Waals surface area (Å²) >= 11 is 11.8. The van der Waals surface area contributed by atoms with Crippen LogP contribution in [0.25, 0.3) is 16.7 Å². The Balaban J connectivity index is 1.93. The number of hydrogen-bond donors (Lipinski definition) is 1. The van der Waals surface area contributed by atoms with Gasteiger partial charge in [-0.05, 0) is 37.5 Å². The Morgan fingerprint density at radius 2 is 2.04 bits per heavy atom. The first-order valence-electron chi connectivity index (χ1n) is 8.08. The molecular weight excluding hydrogens is 358 g/mol. The van der Waals surface area contributed by atoms with Crippen LogP contribution in [0.3, 0.4) is 0 Å². The Hall–Kier alpha value is -2.25. The van der Waals surface area contributed by atoms with Gasteiger partial charge in [0.15, 0.2) is 5.65 Å². The molecule has 1 fully saturated rings. The third-order valence-electron chi connectivity index (χ3n) is 4.52. The fraction of sp³-hybridized carbons (Fsp3) is 0.294. The summed E-state index contributed by atoms with van der Waals surface area (Å²) in [7, 11) is 0. The Kier molecular flexibility index (Phi) is 4.05. The van der Waals surface area contributed by atoms with Gasteiger partial charge < -0.3 is 4.90 Å². The average molecular weight is 374 g/mol. The maximum Gasteiger partial charge on any atom is 0.264 e. The van der Waals surface area contributed by atoms with Crippen molar-refractivity contribution in [2.75, 3.05) is 18.0 Å². The van der Waals surface area contributed by atoms with E-state index in [0.717, 1.165) is 37.2 Å². The van der Waals surface area contributed by atoms with Crippen molar-refractivity contribution in [1.29, 1.82) is 0 Å². The molecule has 25 heavy (non-hydrogen) atoms. The topological polar surface area (TPSA) is 66.8 Å². The van der Waals surface area contributed by atoms with Crippen molar-refractivity contribution in [3.8, 4) is 5.69 Å². The largest absolute Gasteiger partial charge is 0.342 e. The van der Waals surface area contributed by atoms with Gasteiger partial charge in [0.2, 0.25) is 5.95 Å². The summed E-state index contributed by atoms with van der Waals surface area (Å²) in [6.45, 7) is 3.69. The highest BCUT2D eigenvalue weighted by molar-refractivity contribution is 7.71. The molecule has 0 aliphatic carbocycles. The van der Waals surface area contributed by atoms with Gasteiger partial charge in [0.25, 0.3) is 5.56 Å². The molecule has 0 bridgehead atoms. The molecule has 1 aliphatic heterocycles. The molecule has 3 heterocycles. The summed E-state index contributed by atoms with van der Waals surface area (Å²) < 4.78 is 2.07. The predicted molar refractivity (Wildman–Crippen MR) is 102 cm³/mol. The number of benzene rings is 1. The minimum absolute atomic E-state index is 0.265. The third kappa shape index (κ3) is 2.73. The van der Waals surface area contributed by atoms with Gasteiger partial charge in [0, 0.05) is 18.1 Å². The fourth-order valence-corrected chi connectivity index (χ4v) is 3.63. The van der Waals surface area contributed by atoms with Gasteiger partial charge in [-0.3, -0.25) is 14.3 Å². The van der Waals surface area contributed by atoms with Gasteiger partial charge in [-0.1, -0.05) is 29.9 Å². The molecule has 0 unspecified atom stereocenters. The number of fused-ring (bicyclic) bond motifs is 1. The van der Waals surface area contributed by atoms with E-state index in [4.69, 9.17) is 23.8 Å². The molecule has 3 aromatic rings. The molecule has 6 nitrogen and oxygen atoms in total. The number of nitrogens with zero attached hydrogens (tertiary/aromatic N) is 4. The van der Waals surface area contributed by atoms with Crippen LogP contribution in [0, 0.1) is 11.6 Å². The molecule has 0 atom stereocenters. The van der Waals surface area contributed by atoms with Crippen LogP contribution in [-0.2, 0) is 0 Å². The first kappa shape index (κ1) is 16.2. The Morgan fingerprint density at radius 3 is 2.80 bits per heavy atom. The second kappa shape index (κ2) is 6.24. The lowest BCUT2D eigenvalue weighted by molar-refractivity contribution is 0.890. The van der Waals surface area contributed by atoms with Crippen LogP contribution >= 0.6 is 23.8 Å². The summed E-state index contributed by atoms with van der Waals surface area (Å²) in [5.74, 6) is 0.564. The number of hydrogen-bond acceptors (Lipinski definition) is 5. The number of aromatic nitrogens is 4. The zero-order chi connectivity index (χ0) is 17.6. The number of nitrogens with one attached hydrogen (secondary N) is 1. The summed E-state index contributed by atoms with van der Waals surface area (Å²) in [6.07, 6.45) is 3.80. The number of rotatable bonds is 2. The van der Waals surface area contributed by atoms with E-state index in [1.165, 1.54) is 0 Å². The molecule has 1 N–H and O–H groups in total. The van der Waals surface area contributed by atoms with E-state index in [1.54, 1.807) is 10.9 Å². The van der Waals surface area contributed by atoms with Gasteiger partial charge in [-0.25, -0.2) is 4.98 Å². The minimum Gasteiger partial charge on any atom is -0.342 e. The number of anilines is 1. The lowest BCUT2D eigenvalue weighted by atomic mass is 10.2. The van der Waals surface area contributed by atoms with Crippen LogP contribution in [-0.4, -0.2) is 32.6 Å². The van der Waals surface area contributed by atoms with Crippen molar-refractivity contribution in [3.63, 3.8) is 0 Å². The minimum atomic E-state index is -0.265. The van der Waals surface area contributed by atoms with Crippen molar-refractivity contribution in [3.05, 3.63) is 50.1 Å². The summed E-state index contributed by atoms with van der Waals surface area (Å²) in [5.41, 5.74) is 1.78. The quantitative estimate of drug-likeness (QED) is 0.697. The molecule has 1 saturated heterocycles. The standard InChI is InChI=1S/C17H16ClN5OS/c1-10-11(18)5-4-6-12(10)23-9-19-14-13(16(23)25)15(24)21-17(20-14)22-7-2-3-8-22/h4-6,9H,2-3,7-8H2,1H3,(H,20,21,24). The molecular formula is C17H16ClN5OS. The molecule has 0 saturated carbocycles. The number of H-pyrrole nitrogens is 1. The highest BCUT2D eigenvalue weighted by Gasteiger charge is 2.17. The van der Waals surface area contributed by atoms with Gasteiger partial charge >= 0.3 is 0 Å². The number of halogens is 1. The van der Waals surface area contributed by atoms with E-state index in [0.29, 0.717) is 26.6 Å². The Bertz CT molecular complexity index is 1080. The third-order valence-corrected chi connectivity index (χ3v) is 5.33. The molecule has 0 radical (unpaired) electrons. The second-order valence-electron chi connectivity index (χ2n) is 6.09. The molecule has 8 heteroatoms. The van der Waals surface area contributed by atoms with Crippen molar-refractivity contribution in [2.24, 2.45) is 0 Å². The summed E-state index contributed by atoms with van der Waals surface area (Å²) in [5, 5.41) is 0.954. The van der Waals surface area contributed by atoms with E-state index in [2.05, 4.69) is 19.9 Å². The van der Waals surface area contributed by atoms with E-state index in [-0.39, 0.29) is 5.56 Å². The van der Waals surface area contributed by atoms with Crippen molar-refractivity contribution in [1.82, 2.24) is 19.5 Å². The fourth-order valence-electron chi connectivity index (χ4n) is 3.13. The summed E-state index contributed by atoms with van der Waals surface area (Å²) in [4.78, 5) is 26.4. The highest BCUT2D eigenvalue weighted by Crippen LogP contribution is 2.23. The van der Waals surface area contributed by atoms with Crippen LogP contribution in [0.4, 0.5) is 5.95 Å². The highest BCUT2D eigenvalue weighted by atomic mass is 35.5. The Labute approximate surface area is 154 Å². The normalized spacial score (nSPS) is 14.4. The SMILES string of the molecule is Cc1c(Cl)cccc1-n1cnc2nc(N3CCCC3)[nH]c(=O)c2c1=S. The van der Waals surface area contributed by atoms with Crippen LogP contribution in [0.15, 0.2) is 29.3 Å². The van der Waals surface area contributed by atoms with Gasteiger partial charge in [-0.2, -0.15) is 4.98 Å². The lowest BCUT2D eigenvalue weighted by Crippen LogP contribution is -2.24. The Morgan fingerprint density at radius 1 is 1.28 bits per heavy atom. The van der Waals surface area contributed by atoms with E-state index in [1.807, 2.05) is 25.1 Å². The lowest BCUT2D eigenvalue weighted by Gasteiger charge is -2.16. The van der Waals surface area contributed by atoms with Gasteiger partial charge in [0.1, 0.15) is 16.4 Å². The molecule has 0 amide bonds. The van der Waals surface area contributed by atoms with Gasteiger partial charge in [0.05, 0.1) is 5.69 Å².